The largest absolute Gasteiger partial charge is 0.319 e. The van der Waals surface area contributed by atoms with E-state index in [9.17, 15) is 0 Å². The molecular formula is C20H23N. The molecule has 1 unspecified atom stereocenters. The fourth-order valence-corrected chi connectivity index (χ4v) is 3.34. The van der Waals surface area contributed by atoms with Gasteiger partial charge in [0.2, 0.25) is 0 Å². The molecule has 21 heavy (non-hydrogen) atoms. The molecule has 1 aliphatic rings. The zero-order chi connectivity index (χ0) is 14.5. The Morgan fingerprint density at radius 1 is 1.10 bits per heavy atom. The molecule has 0 fully saturated rings. The molecule has 1 N–H and O–H groups in total. The molecule has 0 saturated heterocycles. The van der Waals surface area contributed by atoms with Crippen LogP contribution in [0.25, 0.3) is 5.57 Å². The number of rotatable bonds is 5. The maximum atomic E-state index is 3.24. The van der Waals surface area contributed by atoms with Gasteiger partial charge in [0.05, 0.1) is 0 Å². The third-order valence-electron chi connectivity index (χ3n) is 4.37. The van der Waals surface area contributed by atoms with Crippen molar-refractivity contribution in [2.45, 2.75) is 25.2 Å². The molecule has 2 aromatic carbocycles. The van der Waals surface area contributed by atoms with Gasteiger partial charge in [-0.05, 0) is 55.1 Å². The summed E-state index contributed by atoms with van der Waals surface area (Å²) in [7, 11) is 2.01. The Bertz CT molecular complexity index is 613. The van der Waals surface area contributed by atoms with Crippen LogP contribution in [0.5, 0.6) is 0 Å². The minimum atomic E-state index is 0.556. The van der Waals surface area contributed by atoms with Crippen LogP contribution >= 0.6 is 0 Å². The predicted molar refractivity (Wildman–Crippen MR) is 90.5 cm³/mol. The van der Waals surface area contributed by atoms with E-state index in [2.05, 4.69) is 66.0 Å². The third kappa shape index (κ3) is 3.08. The van der Waals surface area contributed by atoms with Gasteiger partial charge in [-0.15, -0.1) is 0 Å². The van der Waals surface area contributed by atoms with Crippen LogP contribution < -0.4 is 5.32 Å². The number of fused-ring (bicyclic) bond motifs is 1. The van der Waals surface area contributed by atoms with E-state index in [1.807, 2.05) is 7.05 Å². The topological polar surface area (TPSA) is 12.0 Å². The molecule has 0 saturated carbocycles. The summed E-state index contributed by atoms with van der Waals surface area (Å²) in [5, 5.41) is 3.24. The molecule has 108 valence electrons. The SMILES string of the molecule is CNCCC=C(c1ccccc1)C1CCc2ccccc21. The quantitative estimate of drug-likeness (QED) is 0.798. The number of hydrogen-bond donors (Lipinski definition) is 1. The molecule has 0 bridgehead atoms. The molecular weight excluding hydrogens is 254 g/mol. The molecule has 1 aliphatic carbocycles. The molecule has 1 nitrogen and oxygen atoms in total. The van der Waals surface area contributed by atoms with Crippen molar-refractivity contribution in [3.05, 3.63) is 77.4 Å². The summed E-state index contributed by atoms with van der Waals surface area (Å²) >= 11 is 0. The Hall–Kier alpha value is -1.86. The van der Waals surface area contributed by atoms with E-state index in [0.717, 1.165) is 13.0 Å². The zero-order valence-electron chi connectivity index (χ0n) is 12.7. The highest BCUT2D eigenvalue weighted by atomic mass is 14.8. The Morgan fingerprint density at radius 3 is 2.67 bits per heavy atom. The second-order valence-corrected chi connectivity index (χ2v) is 5.71. The standard InChI is InChI=1S/C20H23N/c1-21-15-7-12-19(16-8-3-2-4-9-16)20-14-13-17-10-5-6-11-18(17)20/h2-6,8-12,20-21H,7,13-15H2,1H3. The van der Waals surface area contributed by atoms with Crippen LogP contribution in [-0.4, -0.2) is 13.6 Å². The van der Waals surface area contributed by atoms with Gasteiger partial charge in [-0.2, -0.15) is 0 Å². The van der Waals surface area contributed by atoms with Crippen molar-refractivity contribution < 1.29 is 0 Å². The van der Waals surface area contributed by atoms with E-state index in [1.54, 1.807) is 0 Å². The van der Waals surface area contributed by atoms with Crippen LogP contribution in [0.2, 0.25) is 0 Å². The van der Waals surface area contributed by atoms with Crippen LogP contribution in [0.15, 0.2) is 60.7 Å². The lowest BCUT2D eigenvalue weighted by molar-refractivity contribution is 0.795. The number of allylic oxidation sites excluding steroid dienone is 1. The number of aryl methyl sites for hydroxylation is 1. The normalized spacial score (nSPS) is 17.8. The smallest absolute Gasteiger partial charge is 0.00980 e. The molecule has 1 atom stereocenters. The summed E-state index contributed by atoms with van der Waals surface area (Å²) in [4.78, 5) is 0. The first kappa shape index (κ1) is 14.1. The van der Waals surface area contributed by atoms with Gasteiger partial charge in [0.1, 0.15) is 0 Å². The molecule has 0 aromatic heterocycles. The molecule has 0 amide bonds. The van der Waals surface area contributed by atoms with Crippen molar-refractivity contribution in [2.75, 3.05) is 13.6 Å². The highest BCUT2D eigenvalue weighted by molar-refractivity contribution is 5.73. The van der Waals surface area contributed by atoms with E-state index in [4.69, 9.17) is 0 Å². The lowest BCUT2D eigenvalue weighted by Gasteiger charge is -2.17. The summed E-state index contributed by atoms with van der Waals surface area (Å²) in [6, 6.07) is 19.8. The number of hydrogen-bond acceptors (Lipinski definition) is 1. The minimum Gasteiger partial charge on any atom is -0.319 e. The Labute approximate surface area is 127 Å². The predicted octanol–water partition coefficient (Wildman–Crippen LogP) is 4.41. The van der Waals surface area contributed by atoms with Gasteiger partial charge in [-0.3, -0.25) is 0 Å². The van der Waals surface area contributed by atoms with Crippen LogP contribution in [0.3, 0.4) is 0 Å². The lowest BCUT2D eigenvalue weighted by atomic mass is 9.87. The van der Waals surface area contributed by atoms with Crippen LogP contribution in [0, 0.1) is 0 Å². The Kier molecular flexibility index (Phi) is 4.52. The third-order valence-corrected chi connectivity index (χ3v) is 4.37. The molecule has 0 aliphatic heterocycles. The van der Waals surface area contributed by atoms with Crippen molar-refractivity contribution in [2.24, 2.45) is 0 Å². The lowest BCUT2D eigenvalue weighted by Crippen LogP contribution is -2.07. The first-order valence-corrected chi connectivity index (χ1v) is 7.88. The zero-order valence-corrected chi connectivity index (χ0v) is 12.7. The molecule has 2 aromatic rings. The van der Waals surface area contributed by atoms with Gasteiger partial charge in [0.25, 0.3) is 0 Å². The Morgan fingerprint density at radius 2 is 1.86 bits per heavy atom. The summed E-state index contributed by atoms with van der Waals surface area (Å²) in [5.74, 6) is 0.556. The van der Waals surface area contributed by atoms with Gasteiger partial charge in [0.15, 0.2) is 0 Å². The van der Waals surface area contributed by atoms with Gasteiger partial charge in [0, 0.05) is 5.92 Å². The van der Waals surface area contributed by atoms with E-state index < -0.39 is 0 Å². The summed E-state index contributed by atoms with van der Waals surface area (Å²) in [6.07, 6.45) is 5.95. The first-order valence-electron chi connectivity index (χ1n) is 7.88. The highest BCUT2D eigenvalue weighted by Crippen LogP contribution is 2.42. The maximum Gasteiger partial charge on any atom is 0.00980 e. The first-order chi connectivity index (χ1) is 10.4. The summed E-state index contributed by atoms with van der Waals surface area (Å²) in [5.41, 5.74) is 5.92. The molecule has 0 radical (unpaired) electrons. The fraction of sp³-hybridized carbons (Fsp3) is 0.300. The maximum absolute atomic E-state index is 3.24. The van der Waals surface area contributed by atoms with Crippen molar-refractivity contribution in [3.8, 4) is 0 Å². The minimum absolute atomic E-state index is 0.556. The molecule has 3 rings (SSSR count). The van der Waals surface area contributed by atoms with Crippen LogP contribution in [0.4, 0.5) is 0 Å². The van der Waals surface area contributed by atoms with E-state index in [0.29, 0.717) is 5.92 Å². The monoisotopic (exact) mass is 277 g/mol. The Balaban J connectivity index is 1.95. The van der Waals surface area contributed by atoms with Crippen molar-refractivity contribution in [1.29, 1.82) is 0 Å². The summed E-state index contributed by atoms with van der Waals surface area (Å²) < 4.78 is 0. The second kappa shape index (κ2) is 6.73. The fourth-order valence-electron chi connectivity index (χ4n) is 3.34. The van der Waals surface area contributed by atoms with E-state index in [-0.39, 0.29) is 0 Å². The summed E-state index contributed by atoms with van der Waals surface area (Å²) in [6.45, 7) is 1.03. The van der Waals surface area contributed by atoms with Gasteiger partial charge in [-0.1, -0.05) is 60.7 Å². The average molecular weight is 277 g/mol. The molecule has 1 heteroatoms. The highest BCUT2D eigenvalue weighted by Gasteiger charge is 2.25. The van der Waals surface area contributed by atoms with Crippen molar-refractivity contribution in [3.63, 3.8) is 0 Å². The second-order valence-electron chi connectivity index (χ2n) is 5.71. The number of nitrogens with one attached hydrogen (secondary N) is 1. The van der Waals surface area contributed by atoms with E-state index in [1.165, 1.54) is 35.1 Å². The van der Waals surface area contributed by atoms with Crippen molar-refractivity contribution in [1.82, 2.24) is 5.32 Å². The van der Waals surface area contributed by atoms with Crippen LogP contribution in [0.1, 0.15) is 35.4 Å². The van der Waals surface area contributed by atoms with Gasteiger partial charge < -0.3 is 5.32 Å². The van der Waals surface area contributed by atoms with Gasteiger partial charge in [-0.25, -0.2) is 0 Å². The molecule has 0 heterocycles. The average Bonchev–Trinajstić information content (AvgIpc) is 2.96. The van der Waals surface area contributed by atoms with Crippen LogP contribution in [-0.2, 0) is 6.42 Å². The van der Waals surface area contributed by atoms with Crippen molar-refractivity contribution >= 4 is 5.57 Å². The van der Waals surface area contributed by atoms with E-state index >= 15 is 0 Å². The number of benzene rings is 2. The molecule has 0 spiro atoms. The van der Waals surface area contributed by atoms with Gasteiger partial charge >= 0.3 is 0 Å².